The molecule has 0 N–H and O–H groups in total. The molecule has 0 bridgehead atoms. The number of piperidine rings is 1. The summed E-state index contributed by atoms with van der Waals surface area (Å²) in [6, 6.07) is 24.5. The predicted octanol–water partition coefficient (Wildman–Crippen LogP) is 6.53. The highest BCUT2D eigenvalue weighted by atomic mass is 32.1. The van der Waals surface area contributed by atoms with Crippen molar-refractivity contribution in [2.45, 2.75) is 46.0 Å². The molecule has 0 aliphatic carbocycles. The number of hydrogen-bond donors (Lipinski definition) is 0. The SMILES string of the molecule is CC1CCN(C(=O)c2csc(CN(Cc3ccc(OCc4ccccc4)cc3)Cc3ccc4c(c3)OCO4)n2)CC1. The van der Waals surface area contributed by atoms with Crippen LogP contribution >= 0.6 is 11.3 Å². The maximum atomic E-state index is 13.1. The van der Waals surface area contributed by atoms with Crippen molar-refractivity contribution in [2.24, 2.45) is 5.92 Å². The maximum absolute atomic E-state index is 13.1. The van der Waals surface area contributed by atoms with Gasteiger partial charge in [-0.1, -0.05) is 55.5 Å². The number of rotatable bonds is 10. The molecule has 212 valence electrons. The van der Waals surface area contributed by atoms with Crippen molar-refractivity contribution in [3.05, 3.63) is 106 Å². The summed E-state index contributed by atoms with van der Waals surface area (Å²) in [6.07, 6.45) is 2.12. The molecule has 0 atom stereocenters. The van der Waals surface area contributed by atoms with E-state index in [4.69, 9.17) is 19.2 Å². The molecule has 7 nitrogen and oxygen atoms in total. The fraction of sp³-hybridized carbons (Fsp3) is 0.333. The van der Waals surface area contributed by atoms with Crippen LogP contribution in [0, 0.1) is 5.92 Å². The van der Waals surface area contributed by atoms with Gasteiger partial charge in [-0.15, -0.1) is 11.3 Å². The Morgan fingerprint density at radius 1 is 0.927 bits per heavy atom. The molecule has 6 rings (SSSR count). The van der Waals surface area contributed by atoms with E-state index in [-0.39, 0.29) is 12.7 Å². The van der Waals surface area contributed by atoms with Crippen LogP contribution in [-0.4, -0.2) is 40.6 Å². The molecule has 3 aromatic carbocycles. The molecule has 41 heavy (non-hydrogen) atoms. The number of thiazole rings is 1. The summed E-state index contributed by atoms with van der Waals surface area (Å²) in [5, 5.41) is 2.84. The van der Waals surface area contributed by atoms with Gasteiger partial charge in [0.2, 0.25) is 6.79 Å². The van der Waals surface area contributed by atoms with Crippen molar-refractivity contribution in [1.29, 1.82) is 0 Å². The summed E-state index contributed by atoms with van der Waals surface area (Å²) in [4.78, 5) is 22.2. The Kier molecular flexibility index (Phi) is 8.49. The van der Waals surface area contributed by atoms with Gasteiger partial charge in [0.25, 0.3) is 5.91 Å². The number of likely N-dealkylation sites (tertiary alicyclic amines) is 1. The number of aromatic nitrogens is 1. The first-order valence-corrected chi connectivity index (χ1v) is 15.1. The first kappa shape index (κ1) is 27.3. The van der Waals surface area contributed by atoms with Crippen LogP contribution in [-0.2, 0) is 26.2 Å². The Bertz CT molecular complexity index is 1450. The van der Waals surface area contributed by atoms with Crippen LogP contribution in [0.15, 0.2) is 78.2 Å². The van der Waals surface area contributed by atoms with Gasteiger partial charge in [-0.2, -0.15) is 0 Å². The van der Waals surface area contributed by atoms with E-state index in [0.717, 1.165) is 65.9 Å². The Morgan fingerprint density at radius 2 is 1.66 bits per heavy atom. The average Bonchev–Trinajstić information content (AvgIpc) is 3.67. The molecule has 8 heteroatoms. The molecular weight excluding hydrogens is 534 g/mol. The zero-order valence-corrected chi connectivity index (χ0v) is 24.1. The molecule has 3 heterocycles. The van der Waals surface area contributed by atoms with Crippen LogP contribution in [0.5, 0.6) is 17.2 Å². The van der Waals surface area contributed by atoms with E-state index in [1.807, 2.05) is 52.7 Å². The lowest BCUT2D eigenvalue weighted by Crippen LogP contribution is -2.38. The maximum Gasteiger partial charge on any atom is 0.273 e. The summed E-state index contributed by atoms with van der Waals surface area (Å²) in [5.74, 6) is 3.13. The summed E-state index contributed by atoms with van der Waals surface area (Å²) in [5.41, 5.74) is 4.01. The number of nitrogens with zero attached hydrogens (tertiary/aromatic N) is 3. The van der Waals surface area contributed by atoms with E-state index in [9.17, 15) is 4.79 Å². The molecule has 0 spiro atoms. The second-order valence-corrected chi connectivity index (χ2v) is 11.8. The lowest BCUT2D eigenvalue weighted by Gasteiger charge is -2.29. The molecule has 0 unspecified atom stereocenters. The van der Waals surface area contributed by atoms with Crippen LogP contribution in [0.3, 0.4) is 0 Å². The third-order valence-corrected chi connectivity index (χ3v) is 8.46. The van der Waals surface area contributed by atoms with Crippen LogP contribution < -0.4 is 14.2 Å². The zero-order chi connectivity index (χ0) is 28.0. The van der Waals surface area contributed by atoms with Crippen molar-refractivity contribution in [3.8, 4) is 17.2 Å². The van der Waals surface area contributed by atoms with Crippen molar-refractivity contribution in [1.82, 2.24) is 14.8 Å². The van der Waals surface area contributed by atoms with E-state index in [1.54, 1.807) is 11.3 Å². The number of carbonyl (C=O) groups is 1. The molecule has 4 aromatic rings. The quantitative estimate of drug-likeness (QED) is 0.217. The molecular formula is C33H35N3O4S. The van der Waals surface area contributed by atoms with E-state index >= 15 is 0 Å². The van der Waals surface area contributed by atoms with Crippen molar-refractivity contribution < 1.29 is 19.0 Å². The first-order chi connectivity index (χ1) is 20.1. The number of hydrogen-bond acceptors (Lipinski definition) is 7. The molecule has 1 aromatic heterocycles. The van der Waals surface area contributed by atoms with E-state index in [2.05, 4.69) is 42.2 Å². The Labute approximate surface area is 245 Å². The molecule has 1 amide bonds. The number of carbonyl (C=O) groups excluding carboxylic acids is 1. The average molecular weight is 570 g/mol. The number of fused-ring (bicyclic) bond motifs is 1. The standard InChI is InChI=1S/C33H35N3O4S/c1-24-13-15-36(16-14-24)33(37)29-22-41-32(34-29)20-35(19-27-9-12-30-31(17-27)40-23-39-30)18-25-7-10-28(11-8-25)38-21-26-5-3-2-4-6-26/h2-12,17,22,24H,13-16,18-21,23H2,1H3. The Morgan fingerprint density at radius 3 is 2.46 bits per heavy atom. The molecule has 1 fully saturated rings. The summed E-state index contributed by atoms with van der Waals surface area (Å²) in [6.45, 7) is 6.74. The minimum atomic E-state index is 0.0489. The van der Waals surface area contributed by atoms with Crippen LogP contribution in [0.1, 0.15) is 52.0 Å². The van der Waals surface area contributed by atoms with E-state index in [0.29, 0.717) is 31.3 Å². The minimum absolute atomic E-state index is 0.0489. The monoisotopic (exact) mass is 569 g/mol. The second-order valence-electron chi connectivity index (χ2n) is 10.9. The van der Waals surface area contributed by atoms with E-state index in [1.165, 1.54) is 5.56 Å². The van der Waals surface area contributed by atoms with E-state index < -0.39 is 0 Å². The van der Waals surface area contributed by atoms with Gasteiger partial charge in [-0.3, -0.25) is 9.69 Å². The third-order valence-electron chi connectivity index (χ3n) is 7.62. The van der Waals surface area contributed by atoms with Gasteiger partial charge < -0.3 is 19.1 Å². The molecule has 0 radical (unpaired) electrons. The second kappa shape index (κ2) is 12.7. The van der Waals surface area contributed by atoms with Gasteiger partial charge in [-0.25, -0.2) is 4.98 Å². The van der Waals surface area contributed by atoms with Crippen molar-refractivity contribution in [2.75, 3.05) is 19.9 Å². The fourth-order valence-electron chi connectivity index (χ4n) is 5.20. The Hall–Kier alpha value is -3.88. The number of benzene rings is 3. The van der Waals surface area contributed by atoms with Crippen LogP contribution in [0.4, 0.5) is 0 Å². The lowest BCUT2D eigenvalue weighted by molar-refractivity contribution is 0.0691. The molecule has 2 aliphatic heterocycles. The minimum Gasteiger partial charge on any atom is -0.489 e. The summed E-state index contributed by atoms with van der Waals surface area (Å²) >= 11 is 1.55. The molecule has 2 aliphatic rings. The molecule has 1 saturated heterocycles. The van der Waals surface area contributed by atoms with Crippen LogP contribution in [0.2, 0.25) is 0 Å². The Balaban J connectivity index is 1.14. The van der Waals surface area contributed by atoms with Gasteiger partial charge in [0.1, 0.15) is 23.1 Å². The van der Waals surface area contributed by atoms with Gasteiger partial charge >= 0.3 is 0 Å². The number of ether oxygens (including phenoxy) is 3. The lowest BCUT2D eigenvalue weighted by atomic mass is 9.99. The van der Waals surface area contributed by atoms with Gasteiger partial charge in [-0.05, 0) is 59.7 Å². The summed E-state index contributed by atoms with van der Waals surface area (Å²) in [7, 11) is 0. The largest absolute Gasteiger partial charge is 0.489 e. The molecule has 0 saturated carbocycles. The normalized spacial score (nSPS) is 14.9. The first-order valence-electron chi connectivity index (χ1n) is 14.2. The highest BCUT2D eigenvalue weighted by molar-refractivity contribution is 7.09. The third kappa shape index (κ3) is 7.07. The van der Waals surface area contributed by atoms with Crippen molar-refractivity contribution in [3.63, 3.8) is 0 Å². The fourth-order valence-corrected chi connectivity index (χ4v) is 6.01. The van der Waals surface area contributed by atoms with Gasteiger partial charge in [0.05, 0.1) is 6.54 Å². The predicted molar refractivity (Wildman–Crippen MR) is 159 cm³/mol. The highest BCUT2D eigenvalue weighted by Gasteiger charge is 2.24. The van der Waals surface area contributed by atoms with Crippen molar-refractivity contribution >= 4 is 17.2 Å². The highest BCUT2D eigenvalue weighted by Crippen LogP contribution is 2.33. The van der Waals surface area contributed by atoms with Gasteiger partial charge in [0.15, 0.2) is 11.5 Å². The van der Waals surface area contributed by atoms with Crippen LogP contribution in [0.25, 0.3) is 0 Å². The summed E-state index contributed by atoms with van der Waals surface area (Å²) < 4.78 is 17.1. The van der Waals surface area contributed by atoms with Gasteiger partial charge in [0, 0.05) is 31.6 Å². The topological polar surface area (TPSA) is 64.1 Å². The smallest absolute Gasteiger partial charge is 0.273 e. The zero-order valence-electron chi connectivity index (χ0n) is 23.3. The number of amides is 1.